The van der Waals surface area contributed by atoms with Crippen molar-refractivity contribution in [1.82, 2.24) is 0 Å². The van der Waals surface area contributed by atoms with Crippen molar-refractivity contribution in [3.63, 3.8) is 0 Å². The van der Waals surface area contributed by atoms with Crippen LogP contribution in [0.15, 0.2) is 11.6 Å². The van der Waals surface area contributed by atoms with Crippen LogP contribution in [0.4, 0.5) is 4.39 Å². The predicted molar refractivity (Wildman–Crippen MR) is 84.0 cm³/mol. The summed E-state index contributed by atoms with van der Waals surface area (Å²) in [6, 6.07) is 0. The zero-order valence-electron chi connectivity index (χ0n) is 13.6. The Kier molecular flexibility index (Phi) is 3.47. The molecule has 4 aliphatic carbocycles. The standard InChI is InChI=1S/C19H29FO2/c1-18-9-7-14-13(15(18)10-16(20)17(18)22)6-5-12-4-2-3-8-19(12,14)11-21/h5,13-17,21-22H,2-4,6-11H2,1H3/t13-,14-,15+,16?,17?,18+,19-/m1/s1. The lowest BCUT2D eigenvalue weighted by Gasteiger charge is -2.57. The molecule has 2 N–H and O–H groups in total. The number of alkyl halides is 1. The monoisotopic (exact) mass is 308 g/mol. The molecule has 0 aromatic carbocycles. The van der Waals surface area contributed by atoms with Crippen molar-refractivity contribution < 1.29 is 14.6 Å². The fourth-order valence-corrected chi connectivity index (χ4v) is 6.72. The maximum atomic E-state index is 14.2. The summed E-state index contributed by atoms with van der Waals surface area (Å²) in [4.78, 5) is 0. The van der Waals surface area contributed by atoms with E-state index in [0.29, 0.717) is 18.3 Å². The molecule has 4 aliphatic rings. The van der Waals surface area contributed by atoms with Crippen LogP contribution in [0.2, 0.25) is 0 Å². The average molecular weight is 308 g/mol. The van der Waals surface area contributed by atoms with Crippen molar-refractivity contribution in [3.8, 4) is 0 Å². The summed E-state index contributed by atoms with van der Waals surface area (Å²) in [5, 5.41) is 20.6. The van der Waals surface area contributed by atoms with Gasteiger partial charge in [0, 0.05) is 5.41 Å². The Morgan fingerprint density at radius 2 is 2.09 bits per heavy atom. The van der Waals surface area contributed by atoms with Gasteiger partial charge in [0.2, 0.25) is 0 Å². The van der Waals surface area contributed by atoms with Crippen LogP contribution >= 0.6 is 0 Å². The highest BCUT2D eigenvalue weighted by atomic mass is 19.1. The maximum absolute atomic E-state index is 14.2. The lowest BCUT2D eigenvalue weighted by Crippen LogP contribution is -2.52. The van der Waals surface area contributed by atoms with E-state index in [4.69, 9.17) is 0 Å². The van der Waals surface area contributed by atoms with Gasteiger partial charge < -0.3 is 10.2 Å². The van der Waals surface area contributed by atoms with Gasteiger partial charge in [0.05, 0.1) is 12.7 Å². The van der Waals surface area contributed by atoms with Crippen LogP contribution in [0.25, 0.3) is 0 Å². The van der Waals surface area contributed by atoms with Crippen molar-refractivity contribution in [2.24, 2.45) is 28.6 Å². The minimum absolute atomic E-state index is 0.0259. The SMILES string of the molecule is C[C@]12CC[C@@H]3[C@@H](CC=C4CCCC[C@@]43CO)[C@@H]1CC(F)C2O. The quantitative estimate of drug-likeness (QED) is 0.726. The van der Waals surface area contributed by atoms with E-state index >= 15 is 0 Å². The molecule has 3 heteroatoms. The van der Waals surface area contributed by atoms with Gasteiger partial charge in [-0.3, -0.25) is 0 Å². The highest BCUT2D eigenvalue weighted by molar-refractivity contribution is 5.26. The lowest BCUT2D eigenvalue weighted by molar-refractivity contribution is -0.0865. The van der Waals surface area contributed by atoms with Gasteiger partial charge in [-0.25, -0.2) is 4.39 Å². The Bertz CT molecular complexity index is 490. The summed E-state index contributed by atoms with van der Waals surface area (Å²) in [6.07, 6.45) is 8.71. The molecule has 0 spiro atoms. The number of allylic oxidation sites excluding steroid dienone is 1. The zero-order chi connectivity index (χ0) is 15.5. The molecule has 3 saturated carbocycles. The largest absolute Gasteiger partial charge is 0.395 e. The number of hydrogen-bond donors (Lipinski definition) is 2. The number of halogens is 1. The average Bonchev–Trinajstić information content (AvgIpc) is 2.78. The molecule has 0 aromatic rings. The molecule has 7 atom stereocenters. The summed E-state index contributed by atoms with van der Waals surface area (Å²) >= 11 is 0. The van der Waals surface area contributed by atoms with Crippen LogP contribution in [-0.4, -0.2) is 29.1 Å². The van der Waals surface area contributed by atoms with Gasteiger partial charge in [0.15, 0.2) is 0 Å². The van der Waals surface area contributed by atoms with Crippen LogP contribution < -0.4 is 0 Å². The van der Waals surface area contributed by atoms with E-state index in [2.05, 4.69) is 13.0 Å². The van der Waals surface area contributed by atoms with Gasteiger partial charge in [0.25, 0.3) is 0 Å². The molecular weight excluding hydrogens is 279 g/mol. The fourth-order valence-electron chi connectivity index (χ4n) is 6.72. The molecule has 0 aliphatic heterocycles. The lowest BCUT2D eigenvalue weighted by atomic mass is 9.47. The third kappa shape index (κ3) is 1.78. The number of aliphatic hydroxyl groups excluding tert-OH is 2. The van der Waals surface area contributed by atoms with Crippen LogP contribution in [-0.2, 0) is 0 Å². The molecule has 2 unspecified atom stereocenters. The Hall–Kier alpha value is -0.410. The van der Waals surface area contributed by atoms with E-state index < -0.39 is 12.3 Å². The summed E-state index contributed by atoms with van der Waals surface area (Å²) in [5.74, 6) is 1.22. The summed E-state index contributed by atoms with van der Waals surface area (Å²) in [6.45, 7) is 2.36. The second-order valence-corrected chi connectivity index (χ2v) is 8.60. The minimum atomic E-state index is -1.06. The molecule has 4 rings (SSSR count). The molecule has 3 fully saturated rings. The first-order valence-corrected chi connectivity index (χ1v) is 9.15. The Morgan fingerprint density at radius 3 is 2.86 bits per heavy atom. The van der Waals surface area contributed by atoms with Crippen LogP contribution in [0.5, 0.6) is 0 Å². The van der Waals surface area contributed by atoms with E-state index in [0.717, 1.165) is 32.1 Å². The molecular formula is C19H29FO2. The van der Waals surface area contributed by atoms with Crippen LogP contribution in [0, 0.1) is 28.6 Å². The van der Waals surface area contributed by atoms with Crippen molar-refractivity contribution in [1.29, 1.82) is 0 Å². The smallest absolute Gasteiger partial charge is 0.127 e. The van der Waals surface area contributed by atoms with Crippen LogP contribution in [0.3, 0.4) is 0 Å². The third-order valence-corrected chi connectivity index (χ3v) is 7.96. The predicted octanol–water partition coefficient (Wildman–Crippen LogP) is 3.62. The first-order chi connectivity index (χ1) is 10.5. The van der Waals surface area contributed by atoms with Crippen molar-refractivity contribution >= 4 is 0 Å². The third-order valence-electron chi connectivity index (χ3n) is 7.96. The Balaban J connectivity index is 1.71. The molecule has 124 valence electrons. The maximum Gasteiger partial charge on any atom is 0.127 e. The molecule has 0 aromatic heterocycles. The molecule has 22 heavy (non-hydrogen) atoms. The highest BCUT2D eigenvalue weighted by Gasteiger charge is 2.61. The zero-order valence-corrected chi connectivity index (χ0v) is 13.6. The molecule has 0 amide bonds. The number of rotatable bonds is 1. The van der Waals surface area contributed by atoms with Gasteiger partial charge in [-0.05, 0) is 68.1 Å². The first kappa shape index (κ1) is 15.1. The van der Waals surface area contributed by atoms with E-state index in [-0.39, 0.29) is 23.4 Å². The van der Waals surface area contributed by atoms with Gasteiger partial charge >= 0.3 is 0 Å². The van der Waals surface area contributed by atoms with E-state index in [1.165, 1.54) is 18.4 Å². The molecule has 0 bridgehead atoms. The van der Waals surface area contributed by atoms with Crippen molar-refractivity contribution in [2.45, 2.75) is 70.6 Å². The molecule has 2 nitrogen and oxygen atoms in total. The fraction of sp³-hybridized carbons (Fsp3) is 0.895. The van der Waals surface area contributed by atoms with Gasteiger partial charge in [-0.2, -0.15) is 0 Å². The van der Waals surface area contributed by atoms with E-state index in [1.54, 1.807) is 0 Å². The van der Waals surface area contributed by atoms with E-state index in [1.807, 2.05) is 0 Å². The first-order valence-electron chi connectivity index (χ1n) is 9.15. The summed E-state index contributed by atoms with van der Waals surface area (Å²) in [5.41, 5.74) is 1.21. The van der Waals surface area contributed by atoms with Crippen molar-refractivity contribution in [3.05, 3.63) is 11.6 Å². The van der Waals surface area contributed by atoms with Gasteiger partial charge in [-0.1, -0.05) is 25.0 Å². The summed E-state index contributed by atoms with van der Waals surface area (Å²) in [7, 11) is 0. The van der Waals surface area contributed by atoms with Gasteiger partial charge in [0.1, 0.15) is 6.17 Å². The van der Waals surface area contributed by atoms with Crippen molar-refractivity contribution in [2.75, 3.05) is 6.61 Å². The Labute approximate surface area is 132 Å². The topological polar surface area (TPSA) is 40.5 Å². The second kappa shape index (κ2) is 5.04. The normalized spacial score (nSPS) is 54.2. The van der Waals surface area contributed by atoms with Gasteiger partial charge in [-0.15, -0.1) is 0 Å². The van der Waals surface area contributed by atoms with Crippen LogP contribution in [0.1, 0.15) is 58.3 Å². The number of aliphatic hydroxyl groups is 2. The second-order valence-electron chi connectivity index (χ2n) is 8.60. The Morgan fingerprint density at radius 1 is 1.27 bits per heavy atom. The molecule has 0 saturated heterocycles. The minimum Gasteiger partial charge on any atom is -0.395 e. The molecule has 0 radical (unpaired) electrons. The molecule has 0 heterocycles. The number of fused-ring (bicyclic) bond motifs is 5. The summed E-state index contributed by atoms with van der Waals surface area (Å²) < 4.78 is 14.2. The van der Waals surface area contributed by atoms with E-state index in [9.17, 15) is 14.6 Å². The highest BCUT2D eigenvalue weighted by Crippen LogP contribution is 2.65. The number of hydrogen-bond acceptors (Lipinski definition) is 2.